The maximum Gasteiger partial charge on any atom is 0.370 e. The van der Waals surface area contributed by atoms with Crippen molar-refractivity contribution in [3.8, 4) is 0 Å². The van der Waals surface area contributed by atoms with Gasteiger partial charge in [0.05, 0.1) is 12.7 Å². The van der Waals surface area contributed by atoms with Crippen LogP contribution in [0.2, 0.25) is 0 Å². The molecule has 2 aromatic rings. The molecule has 70 valence electrons. The normalized spacial score (nSPS) is 10.0. The van der Waals surface area contributed by atoms with Crippen LogP contribution in [0, 0.1) is 6.92 Å². The zero-order chi connectivity index (χ0) is 8.55. The Morgan fingerprint density at radius 1 is 1.54 bits per heavy atom. The van der Waals surface area contributed by atoms with Gasteiger partial charge in [-0.25, -0.2) is 4.57 Å². The number of fused-ring (bicyclic) bond motifs is 1. The number of hydrogen-bond donors (Lipinski definition) is 0. The summed E-state index contributed by atoms with van der Waals surface area (Å²) in [6, 6.07) is 3.90. The second-order valence-corrected chi connectivity index (χ2v) is 2.71. The highest BCUT2D eigenvalue weighted by atomic mass is 127. The summed E-state index contributed by atoms with van der Waals surface area (Å²) in [4.78, 5) is 4.28. The number of rotatable bonds is 1. The quantitative estimate of drug-likeness (QED) is 0.470. The van der Waals surface area contributed by atoms with Gasteiger partial charge in [0.1, 0.15) is 0 Å². The molecular weight excluding hydrogens is 279 g/mol. The van der Waals surface area contributed by atoms with Gasteiger partial charge < -0.3 is 28.4 Å². The number of hydrogen-bond acceptors (Lipinski definition) is 2. The Labute approximate surface area is 93.8 Å². The molecule has 0 radical (unpaired) electrons. The first-order valence-corrected chi connectivity index (χ1v) is 4.07. The molecule has 0 aliphatic rings. The molecule has 0 aliphatic heterocycles. The Hall–Kier alpha value is -0.650. The molecule has 0 aromatic carbocycles. The molecule has 0 atom stereocenters. The minimum Gasteiger partial charge on any atom is -1.00 e. The average molecular weight is 290 g/mol. The van der Waals surface area contributed by atoms with Crippen molar-refractivity contribution >= 4 is 11.2 Å². The lowest BCUT2D eigenvalue weighted by atomic mass is 10.4. The van der Waals surface area contributed by atoms with Crippen LogP contribution in [-0.4, -0.2) is 4.98 Å². The fraction of sp³-hybridized carbons (Fsp3) is 0.333. The number of aromatic nitrogens is 2. The van der Waals surface area contributed by atoms with E-state index in [1.165, 1.54) is 0 Å². The van der Waals surface area contributed by atoms with Crippen LogP contribution in [0.5, 0.6) is 0 Å². The summed E-state index contributed by atoms with van der Waals surface area (Å²) < 4.78 is 7.44. The van der Waals surface area contributed by atoms with Gasteiger partial charge in [0, 0.05) is 6.92 Å². The molecule has 0 spiro atoms. The SMILES string of the molecule is CC[n+]1cccc2oc(C)nc21.[I-]. The van der Waals surface area contributed by atoms with Crippen LogP contribution >= 0.6 is 0 Å². The number of aryl methyl sites for hydroxylation is 2. The third-order valence-electron chi connectivity index (χ3n) is 1.87. The number of oxazole rings is 1. The van der Waals surface area contributed by atoms with Crippen molar-refractivity contribution in [3.63, 3.8) is 0 Å². The monoisotopic (exact) mass is 290 g/mol. The molecule has 0 saturated carbocycles. The largest absolute Gasteiger partial charge is 1.00 e. The molecule has 0 saturated heterocycles. The summed E-state index contributed by atoms with van der Waals surface area (Å²) in [6.45, 7) is 4.87. The Balaban J connectivity index is 0.000000845. The molecular formula is C9H11IN2O. The van der Waals surface area contributed by atoms with E-state index in [2.05, 4.69) is 16.5 Å². The summed E-state index contributed by atoms with van der Waals surface area (Å²) in [7, 11) is 0. The molecule has 0 amide bonds. The van der Waals surface area contributed by atoms with Crippen molar-refractivity contribution in [2.24, 2.45) is 0 Å². The van der Waals surface area contributed by atoms with Gasteiger partial charge in [-0.1, -0.05) is 0 Å². The van der Waals surface area contributed by atoms with Gasteiger partial charge in [-0.15, -0.1) is 0 Å². The molecule has 2 aromatic heterocycles. The van der Waals surface area contributed by atoms with Gasteiger partial charge in [-0.2, -0.15) is 0 Å². The van der Waals surface area contributed by atoms with Crippen LogP contribution in [0.1, 0.15) is 12.8 Å². The van der Waals surface area contributed by atoms with Crippen molar-refractivity contribution in [2.45, 2.75) is 20.4 Å². The zero-order valence-corrected chi connectivity index (χ0v) is 9.78. The van der Waals surface area contributed by atoms with Crippen molar-refractivity contribution in [2.75, 3.05) is 0 Å². The molecule has 0 bridgehead atoms. The molecule has 2 rings (SSSR count). The first-order valence-electron chi connectivity index (χ1n) is 4.07. The van der Waals surface area contributed by atoms with Gasteiger partial charge in [-0.3, -0.25) is 0 Å². The summed E-state index contributed by atoms with van der Waals surface area (Å²) in [5.41, 5.74) is 1.79. The fourth-order valence-electron chi connectivity index (χ4n) is 1.31. The molecule has 13 heavy (non-hydrogen) atoms. The summed E-state index contributed by atoms with van der Waals surface area (Å²) in [5, 5.41) is 0. The minimum atomic E-state index is 0. The van der Waals surface area contributed by atoms with E-state index in [1.54, 1.807) is 0 Å². The lowest BCUT2D eigenvalue weighted by Crippen LogP contribution is -3.00. The second kappa shape index (κ2) is 4.04. The lowest BCUT2D eigenvalue weighted by Gasteiger charge is -1.91. The summed E-state index contributed by atoms with van der Waals surface area (Å²) in [5.74, 6) is 0.721. The highest BCUT2D eigenvalue weighted by Crippen LogP contribution is 2.09. The van der Waals surface area contributed by atoms with E-state index in [4.69, 9.17) is 4.42 Å². The van der Waals surface area contributed by atoms with Gasteiger partial charge in [0.2, 0.25) is 5.58 Å². The van der Waals surface area contributed by atoms with Crippen molar-refractivity contribution in [1.29, 1.82) is 0 Å². The van der Waals surface area contributed by atoms with E-state index in [-0.39, 0.29) is 24.0 Å². The number of nitrogens with zero attached hydrogens (tertiary/aromatic N) is 2. The third kappa shape index (κ3) is 1.82. The molecule has 4 heteroatoms. The van der Waals surface area contributed by atoms with Gasteiger partial charge >= 0.3 is 11.5 Å². The highest BCUT2D eigenvalue weighted by molar-refractivity contribution is 5.63. The number of halogens is 1. The first-order chi connectivity index (χ1) is 5.81. The topological polar surface area (TPSA) is 29.9 Å². The van der Waals surface area contributed by atoms with Gasteiger partial charge in [0.15, 0.2) is 0 Å². The zero-order valence-electron chi connectivity index (χ0n) is 7.62. The Morgan fingerprint density at radius 2 is 2.31 bits per heavy atom. The van der Waals surface area contributed by atoms with Crippen LogP contribution in [0.15, 0.2) is 22.7 Å². The molecule has 0 aliphatic carbocycles. The number of pyridine rings is 1. The van der Waals surface area contributed by atoms with Gasteiger partial charge in [-0.05, 0) is 24.0 Å². The maximum atomic E-state index is 5.38. The van der Waals surface area contributed by atoms with Crippen LogP contribution in [-0.2, 0) is 6.54 Å². The van der Waals surface area contributed by atoms with E-state index >= 15 is 0 Å². The van der Waals surface area contributed by atoms with E-state index in [0.29, 0.717) is 0 Å². The molecule has 0 fully saturated rings. The molecule has 2 heterocycles. The van der Waals surface area contributed by atoms with Crippen molar-refractivity contribution in [1.82, 2.24) is 4.98 Å². The average Bonchev–Trinajstić information content (AvgIpc) is 2.44. The lowest BCUT2D eigenvalue weighted by molar-refractivity contribution is -0.669. The minimum absolute atomic E-state index is 0. The predicted octanol–water partition coefficient (Wildman–Crippen LogP) is -1.55. The standard InChI is InChI=1S/C9H11N2O.HI/c1-3-11-6-4-5-8-9(11)10-7(2)12-8;/h4-6H,3H2,1-2H3;1H/q+1;/p-1. The highest BCUT2D eigenvalue weighted by Gasteiger charge is 2.13. The Bertz CT molecular complexity index is 411. The van der Waals surface area contributed by atoms with E-state index in [9.17, 15) is 0 Å². The first kappa shape index (κ1) is 10.4. The Morgan fingerprint density at radius 3 is 3.00 bits per heavy atom. The third-order valence-corrected chi connectivity index (χ3v) is 1.87. The van der Waals surface area contributed by atoms with Crippen LogP contribution in [0.25, 0.3) is 11.2 Å². The molecule has 3 nitrogen and oxygen atoms in total. The molecule has 0 unspecified atom stereocenters. The smallest absolute Gasteiger partial charge is 0.370 e. The predicted molar refractivity (Wildman–Crippen MR) is 44.6 cm³/mol. The fourth-order valence-corrected chi connectivity index (χ4v) is 1.31. The Kier molecular flexibility index (Phi) is 3.24. The molecule has 0 N–H and O–H groups in total. The van der Waals surface area contributed by atoms with Crippen molar-refractivity contribution in [3.05, 3.63) is 24.2 Å². The maximum absolute atomic E-state index is 5.38. The summed E-state index contributed by atoms with van der Waals surface area (Å²) in [6.07, 6.45) is 2.00. The van der Waals surface area contributed by atoms with Gasteiger partial charge in [0.25, 0.3) is 0 Å². The van der Waals surface area contributed by atoms with Crippen molar-refractivity contribution < 1.29 is 33.0 Å². The summed E-state index contributed by atoms with van der Waals surface area (Å²) >= 11 is 0. The van der Waals surface area contributed by atoms with E-state index < -0.39 is 0 Å². The van der Waals surface area contributed by atoms with Crippen LogP contribution in [0.3, 0.4) is 0 Å². The van der Waals surface area contributed by atoms with E-state index in [1.807, 2.05) is 25.3 Å². The van der Waals surface area contributed by atoms with E-state index in [0.717, 1.165) is 23.7 Å². The van der Waals surface area contributed by atoms with Crippen LogP contribution < -0.4 is 28.5 Å². The second-order valence-electron chi connectivity index (χ2n) is 2.71. The van der Waals surface area contributed by atoms with Crippen LogP contribution in [0.4, 0.5) is 0 Å².